The van der Waals surface area contributed by atoms with E-state index in [0.29, 0.717) is 17.2 Å². The van der Waals surface area contributed by atoms with Crippen molar-refractivity contribution in [2.75, 3.05) is 17.3 Å². The molecule has 3 atom stereocenters. The van der Waals surface area contributed by atoms with Crippen LogP contribution >= 0.6 is 0 Å². The van der Waals surface area contributed by atoms with E-state index in [4.69, 9.17) is 10.5 Å². The zero-order valence-corrected chi connectivity index (χ0v) is 21.8. The van der Waals surface area contributed by atoms with E-state index >= 15 is 0 Å². The third-order valence-corrected chi connectivity index (χ3v) is 6.85. The first kappa shape index (κ1) is 27.2. The summed E-state index contributed by atoms with van der Waals surface area (Å²) in [7, 11) is 1.85. The molecule has 0 saturated heterocycles. The lowest BCUT2D eigenvalue weighted by Gasteiger charge is -2.29. The number of primary amides is 1. The molecule has 1 heterocycles. The summed E-state index contributed by atoms with van der Waals surface area (Å²) in [6, 6.07) is 16.0. The SMILES string of the molecule is C=CC(=O)NC1CC[C@@H](N(C)c2nnc(C(N)=O)c(Nc3ccc(C(=O)OCc4ccccc4)cc3)n2)[C@H]1C. The van der Waals surface area contributed by atoms with Crippen molar-refractivity contribution in [3.63, 3.8) is 0 Å². The molecule has 0 aliphatic heterocycles. The van der Waals surface area contributed by atoms with Crippen LogP contribution < -0.4 is 21.3 Å². The van der Waals surface area contributed by atoms with Crippen LogP contribution in [0, 0.1) is 5.92 Å². The molecule has 11 heteroatoms. The summed E-state index contributed by atoms with van der Waals surface area (Å²) in [5.41, 5.74) is 7.23. The number of anilines is 3. The molecule has 1 unspecified atom stereocenters. The van der Waals surface area contributed by atoms with Crippen molar-refractivity contribution in [1.82, 2.24) is 20.5 Å². The Bertz CT molecular complexity index is 1350. The molecule has 1 saturated carbocycles. The lowest BCUT2D eigenvalue weighted by atomic mass is 10.0. The first-order valence-electron chi connectivity index (χ1n) is 12.5. The van der Waals surface area contributed by atoms with Crippen molar-refractivity contribution in [3.8, 4) is 0 Å². The fraction of sp³-hybridized carbons (Fsp3) is 0.286. The zero-order chi connectivity index (χ0) is 27.9. The van der Waals surface area contributed by atoms with E-state index in [1.54, 1.807) is 24.3 Å². The summed E-state index contributed by atoms with van der Waals surface area (Å²) in [6.07, 6.45) is 2.87. The standard InChI is InChI=1S/C28H31N7O4/c1-4-23(36)31-21-14-15-22(17(21)2)35(3)28-32-26(24(25(29)37)33-34-28)30-20-12-10-19(11-13-20)27(38)39-16-18-8-6-5-7-9-18/h4-13,17,21-22H,1,14-16H2,2-3H3,(H2,29,37)(H,31,36)(H,30,32,34)/t17-,21?,22+/m0/s1. The van der Waals surface area contributed by atoms with Crippen molar-refractivity contribution >= 4 is 35.2 Å². The van der Waals surface area contributed by atoms with Gasteiger partial charge in [0.25, 0.3) is 5.91 Å². The summed E-state index contributed by atoms with van der Waals surface area (Å²) in [5, 5.41) is 14.2. The van der Waals surface area contributed by atoms with Crippen LogP contribution in [-0.2, 0) is 16.1 Å². The number of hydrogen-bond donors (Lipinski definition) is 3. The number of benzene rings is 2. The van der Waals surface area contributed by atoms with Gasteiger partial charge in [0.2, 0.25) is 11.9 Å². The van der Waals surface area contributed by atoms with E-state index in [-0.39, 0.29) is 42.0 Å². The zero-order valence-electron chi connectivity index (χ0n) is 21.8. The van der Waals surface area contributed by atoms with E-state index in [9.17, 15) is 14.4 Å². The minimum Gasteiger partial charge on any atom is -0.457 e. The quantitative estimate of drug-likeness (QED) is 0.266. The van der Waals surface area contributed by atoms with Gasteiger partial charge in [-0.25, -0.2) is 4.79 Å². The molecule has 0 radical (unpaired) electrons. The number of nitrogens with two attached hydrogens (primary N) is 1. The number of hydrogen-bond acceptors (Lipinski definition) is 9. The minimum atomic E-state index is -0.783. The number of nitrogens with one attached hydrogen (secondary N) is 2. The third kappa shape index (κ3) is 6.56. The molecule has 4 rings (SSSR count). The molecule has 2 amide bonds. The normalized spacial score (nSPS) is 18.2. The smallest absolute Gasteiger partial charge is 0.338 e. The predicted molar refractivity (Wildman–Crippen MR) is 146 cm³/mol. The number of carbonyl (C=O) groups is 3. The Kier molecular flexibility index (Phi) is 8.50. The van der Waals surface area contributed by atoms with Crippen molar-refractivity contribution in [2.24, 2.45) is 11.7 Å². The number of esters is 1. The minimum absolute atomic E-state index is 0.00343. The van der Waals surface area contributed by atoms with Gasteiger partial charge in [-0.1, -0.05) is 43.8 Å². The summed E-state index contributed by atoms with van der Waals surface area (Å²) in [6.45, 7) is 5.74. The maximum absolute atomic E-state index is 12.4. The summed E-state index contributed by atoms with van der Waals surface area (Å²) in [4.78, 5) is 42.7. The first-order chi connectivity index (χ1) is 18.8. The summed E-state index contributed by atoms with van der Waals surface area (Å²) < 4.78 is 5.37. The molecule has 0 spiro atoms. The van der Waals surface area contributed by atoms with E-state index in [1.807, 2.05) is 42.3 Å². The van der Waals surface area contributed by atoms with Gasteiger partial charge in [-0.3, -0.25) is 9.59 Å². The van der Waals surface area contributed by atoms with E-state index in [1.165, 1.54) is 6.08 Å². The molecular formula is C28H31N7O4. The Balaban J connectivity index is 1.46. The van der Waals surface area contributed by atoms with Crippen LogP contribution in [0.4, 0.5) is 17.5 Å². The molecular weight excluding hydrogens is 498 g/mol. The van der Waals surface area contributed by atoms with Gasteiger partial charge in [0, 0.05) is 24.8 Å². The number of rotatable bonds is 10. The molecule has 1 fully saturated rings. The summed E-state index contributed by atoms with van der Waals surface area (Å²) >= 11 is 0. The second-order valence-corrected chi connectivity index (χ2v) is 9.37. The number of nitrogens with zero attached hydrogens (tertiary/aromatic N) is 4. The average Bonchev–Trinajstić information content (AvgIpc) is 3.31. The monoisotopic (exact) mass is 529 g/mol. The first-order valence-corrected chi connectivity index (χ1v) is 12.5. The van der Waals surface area contributed by atoms with Crippen molar-refractivity contribution in [3.05, 3.63) is 84.1 Å². The molecule has 1 aliphatic rings. The predicted octanol–water partition coefficient (Wildman–Crippen LogP) is 2.98. The van der Waals surface area contributed by atoms with Crippen LogP contribution in [0.25, 0.3) is 0 Å². The van der Waals surface area contributed by atoms with Crippen LogP contribution in [0.5, 0.6) is 0 Å². The number of carbonyl (C=O) groups excluding carboxylic acids is 3. The second kappa shape index (κ2) is 12.2. The van der Waals surface area contributed by atoms with Gasteiger partial charge in [0.15, 0.2) is 11.5 Å². The Hall–Kier alpha value is -4.80. The topological polar surface area (TPSA) is 152 Å². The average molecular weight is 530 g/mol. The lowest BCUT2D eigenvalue weighted by Crippen LogP contribution is -2.42. The molecule has 202 valence electrons. The van der Waals surface area contributed by atoms with Gasteiger partial charge >= 0.3 is 5.97 Å². The van der Waals surface area contributed by atoms with Gasteiger partial charge in [-0.05, 0) is 54.7 Å². The number of aromatic nitrogens is 3. The van der Waals surface area contributed by atoms with E-state index < -0.39 is 11.9 Å². The molecule has 2 aromatic carbocycles. The van der Waals surface area contributed by atoms with Crippen molar-refractivity contribution < 1.29 is 19.1 Å². The van der Waals surface area contributed by atoms with Crippen molar-refractivity contribution in [2.45, 2.75) is 38.5 Å². The van der Waals surface area contributed by atoms with Crippen LogP contribution in [0.1, 0.15) is 46.2 Å². The fourth-order valence-electron chi connectivity index (χ4n) is 4.64. The van der Waals surface area contributed by atoms with Gasteiger partial charge in [-0.2, -0.15) is 4.98 Å². The molecule has 3 aromatic rings. The third-order valence-electron chi connectivity index (χ3n) is 6.85. The van der Waals surface area contributed by atoms with E-state index in [0.717, 1.165) is 18.4 Å². The molecule has 39 heavy (non-hydrogen) atoms. The maximum Gasteiger partial charge on any atom is 0.338 e. The molecule has 0 bridgehead atoms. The van der Waals surface area contributed by atoms with Gasteiger partial charge < -0.3 is 26.0 Å². The number of amides is 2. The Labute approximate surface area is 226 Å². The highest BCUT2D eigenvalue weighted by atomic mass is 16.5. The van der Waals surface area contributed by atoms with Gasteiger partial charge in [-0.15, -0.1) is 10.2 Å². The van der Waals surface area contributed by atoms with Gasteiger partial charge in [0.1, 0.15) is 6.61 Å². The second-order valence-electron chi connectivity index (χ2n) is 9.37. The molecule has 1 aromatic heterocycles. The molecule has 1 aliphatic carbocycles. The Morgan fingerprint density at radius 3 is 2.49 bits per heavy atom. The van der Waals surface area contributed by atoms with Gasteiger partial charge in [0.05, 0.1) is 5.56 Å². The van der Waals surface area contributed by atoms with E-state index in [2.05, 4.69) is 39.3 Å². The highest BCUT2D eigenvalue weighted by molar-refractivity contribution is 5.96. The largest absolute Gasteiger partial charge is 0.457 e. The molecule has 11 nitrogen and oxygen atoms in total. The van der Waals surface area contributed by atoms with Crippen molar-refractivity contribution in [1.29, 1.82) is 0 Å². The highest BCUT2D eigenvalue weighted by Gasteiger charge is 2.37. The summed E-state index contributed by atoms with van der Waals surface area (Å²) in [5.74, 6) is -0.889. The lowest BCUT2D eigenvalue weighted by molar-refractivity contribution is -0.117. The Morgan fingerprint density at radius 1 is 1.10 bits per heavy atom. The molecule has 4 N–H and O–H groups in total. The Morgan fingerprint density at radius 2 is 1.82 bits per heavy atom. The number of ether oxygens (including phenoxy) is 1. The maximum atomic E-state index is 12.4. The highest BCUT2D eigenvalue weighted by Crippen LogP contribution is 2.32. The van der Waals surface area contributed by atoms with Crippen LogP contribution in [0.15, 0.2) is 67.3 Å². The fourth-order valence-corrected chi connectivity index (χ4v) is 4.64. The van der Waals surface area contributed by atoms with Crippen LogP contribution in [0.2, 0.25) is 0 Å². The van der Waals surface area contributed by atoms with Crippen LogP contribution in [0.3, 0.4) is 0 Å². The van der Waals surface area contributed by atoms with Crippen LogP contribution in [-0.4, -0.2) is 52.1 Å².